The quantitative estimate of drug-likeness (QED) is 0.809. The van der Waals surface area contributed by atoms with Gasteiger partial charge in [0.1, 0.15) is 11.6 Å². The summed E-state index contributed by atoms with van der Waals surface area (Å²) < 4.78 is 0. The minimum atomic E-state index is 0.626. The van der Waals surface area contributed by atoms with Crippen molar-refractivity contribution in [3.8, 4) is 0 Å². The van der Waals surface area contributed by atoms with E-state index in [-0.39, 0.29) is 0 Å². The zero-order valence-corrected chi connectivity index (χ0v) is 9.95. The molecule has 0 unspecified atom stereocenters. The van der Waals surface area contributed by atoms with E-state index in [9.17, 15) is 0 Å². The lowest BCUT2D eigenvalue weighted by molar-refractivity contribution is 0.255. The number of aromatic nitrogens is 3. The molecule has 84 valence electrons. The van der Waals surface area contributed by atoms with Gasteiger partial charge >= 0.3 is 0 Å². The van der Waals surface area contributed by atoms with Crippen LogP contribution in [0, 0.1) is 18.8 Å². The average Bonchev–Trinajstić information content (AvgIpc) is 2.65. The van der Waals surface area contributed by atoms with Crippen molar-refractivity contribution in [3.63, 3.8) is 0 Å². The zero-order chi connectivity index (χ0) is 10.8. The van der Waals surface area contributed by atoms with E-state index in [1.165, 1.54) is 25.7 Å². The number of nitrogens with one attached hydrogen (secondary N) is 1. The third-order valence-corrected chi connectivity index (χ3v) is 3.72. The number of hydrogen-bond acceptors (Lipinski definition) is 2. The number of rotatable bonds is 2. The SMILES string of the molecule is Cc1n[nH]c([C@H]2CC[C@@H](C(C)C)CC2)n1. The van der Waals surface area contributed by atoms with Crippen LogP contribution in [0.15, 0.2) is 0 Å². The lowest BCUT2D eigenvalue weighted by Crippen LogP contribution is -2.18. The molecule has 0 saturated heterocycles. The summed E-state index contributed by atoms with van der Waals surface area (Å²) in [4.78, 5) is 4.44. The maximum atomic E-state index is 4.44. The van der Waals surface area contributed by atoms with Crippen molar-refractivity contribution in [1.82, 2.24) is 15.2 Å². The average molecular weight is 207 g/mol. The van der Waals surface area contributed by atoms with Crippen LogP contribution in [0.2, 0.25) is 0 Å². The van der Waals surface area contributed by atoms with Crippen molar-refractivity contribution in [2.75, 3.05) is 0 Å². The van der Waals surface area contributed by atoms with Crippen LogP contribution in [0.25, 0.3) is 0 Å². The lowest BCUT2D eigenvalue weighted by Gasteiger charge is -2.29. The molecule has 1 saturated carbocycles. The molecule has 0 aliphatic heterocycles. The minimum Gasteiger partial charge on any atom is -0.263 e. The summed E-state index contributed by atoms with van der Waals surface area (Å²) in [5, 5.41) is 7.17. The third kappa shape index (κ3) is 2.39. The van der Waals surface area contributed by atoms with E-state index in [1.807, 2.05) is 6.92 Å². The highest BCUT2D eigenvalue weighted by Gasteiger charge is 2.25. The summed E-state index contributed by atoms with van der Waals surface area (Å²) in [6.45, 7) is 6.62. The topological polar surface area (TPSA) is 41.6 Å². The van der Waals surface area contributed by atoms with Gasteiger partial charge in [0.05, 0.1) is 0 Å². The second kappa shape index (κ2) is 4.33. The molecule has 1 aliphatic rings. The van der Waals surface area contributed by atoms with Crippen LogP contribution in [-0.2, 0) is 0 Å². The normalized spacial score (nSPS) is 27.2. The molecule has 15 heavy (non-hydrogen) atoms. The van der Waals surface area contributed by atoms with Crippen LogP contribution in [-0.4, -0.2) is 15.2 Å². The lowest BCUT2D eigenvalue weighted by atomic mass is 9.77. The molecule has 1 aromatic rings. The first-order chi connectivity index (χ1) is 7.16. The predicted octanol–water partition coefficient (Wildman–Crippen LogP) is 3.04. The standard InChI is InChI=1S/C12H21N3/c1-8(2)10-4-6-11(7-5-10)12-13-9(3)14-15-12/h8,10-11H,4-7H2,1-3H3,(H,13,14,15)/t10-,11+. The molecular formula is C12H21N3. The predicted molar refractivity (Wildman–Crippen MR) is 60.7 cm³/mol. The monoisotopic (exact) mass is 207 g/mol. The molecular weight excluding hydrogens is 186 g/mol. The molecule has 0 radical (unpaired) electrons. The Morgan fingerprint density at radius 1 is 1.20 bits per heavy atom. The summed E-state index contributed by atoms with van der Waals surface area (Å²) in [6.07, 6.45) is 5.25. The van der Waals surface area contributed by atoms with E-state index in [2.05, 4.69) is 29.0 Å². The summed E-state index contributed by atoms with van der Waals surface area (Å²) >= 11 is 0. The first kappa shape index (κ1) is 10.7. The molecule has 0 spiro atoms. The maximum absolute atomic E-state index is 4.44. The number of hydrogen-bond donors (Lipinski definition) is 1. The van der Waals surface area contributed by atoms with E-state index in [1.54, 1.807) is 0 Å². The highest BCUT2D eigenvalue weighted by Crippen LogP contribution is 2.37. The van der Waals surface area contributed by atoms with E-state index >= 15 is 0 Å². The fraction of sp³-hybridized carbons (Fsp3) is 0.833. The van der Waals surface area contributed by atoms with Crippen molar-refractivity contribution in [2.24, 2.45) is 11.8 Å². The molecule has 1 fully saturated rings. The van der Waals surface area contributed by atoms with Crippen molar-refractivity contribution in [3.05, 3.63) is 11.6 Å². The Morgan fingerprint density at radius 2 is 1.87 bits per heavy atom. The fourth-order valence-electron chi connectivity index (χ4n) is 2.60. The van der Waals surface area contributed by atoms with Crippen molar-refractivity contribution >= 4 is 0 Å². The van der Waals surface area contributed by atoms with Crippen LogP contribution in [0.3, 0.4) is 0 Å². The van der Waals surface area contributed by atoms with Gasteiger partial charge in [-0.3, -0.25) is 5.10 Å². The van der Waals surface area contributed by atoms with Crippen LogP contribution in [0.5, 0.6) is 0 Å². The Bertz CT molecular complexity index is 308. The third-order valence-electron chi connectivity index (χ3n) is 3.72. The van der Waals surface area contributed by atoms with Gasteiger partial charge in [0, 0.05) is 5.92 Å². The first-order valence-electron chi connectivity index (χ1n) is 6.05. The Balaban J connectivity index is 1.93. The van der Waals surface area contributed by atoms with E-state index in [4.69, 9.17) is 0 Å². The second-order valence-electron chi connectivity index (χ2n) is 5.12. The van der Waals surface area contributed by atoms with Gasteiger partial charge in [-0.2, -0.15) is 5.10 Å². The zero-order valence-electron chi connectivity index (χ0n) is 9.95. The van der Waals surface area contributed by atoms with Gasteiger partial charge in [0.25, 0.3) is 0 Å². The number of nitrogens with zero attached hydrogens (tertiary/aromatic N) is 2. The Kier molecular flexibility index (Phi) is 3.08. The number of H-pyrrole nitrogens is 1. The molecule has 0 bridgehead atoms. The number of aromatic amines is 1. The molecule has 0 aromatic carbocycles. The van der Waals surface area contributed by atoms with Crippen LogP contribution >= 0.6 is 0 Å². The van der Waals surface area contributed by atoms with Crippen LogP contribution in [0.4, 0.5) is 0 Å². The number of aryl methyl sites for hydroxylation is 1. The van der Waals surface area contributed by atoms with Crippen molar-refractivity contribution < 1.29 is 0 Å². The van der Waals surface area contributed by atoms with Gasteiger partial charge < -0.3 is 0 Å². The van der Waals surface area contributed by atoms with Crippen LogP contribution in [0.1, 0.15) is 57.1 Å². The van der Waals surface area contributed by atoms with E-state index < -0.39 is 0 Å². The summed E-state index contributed by atoms with van der Waals surface area (Å²) in [6, 6.07) is 0. The van der Waals surface area contributed by atoms with Gasteiger partial charge in [-0.1, -0.05) is 13.8 Å². The molecule has 3 nitrogen and oxygen atoms in total. The van der Waals surface area contributed by atoms with Crippen molar-refractivity contribution in [1.29, 1.82) is 0 Å². The maximum Gasteiger partial charge on any atom is 0.147 e. The summed E-state index contributed by atoms with van der Waals surface area (Å²) in [5.74, 6) is 4.36. The first-order valence-corrected chi connectivity index (χ1v) is 6.05. The highest BCUT2D eigenvalue weighted by atomic mass is 15.2. The van der Waals surface area contributed by atoms with E-state index in [0.29, 0.717) is 5.92 Å². The van der Waals surface area contributed by atoms with Gasteiger partial charge in [-0.15, -0.1) is 0 Å². The summed E-state index contributed by atoms with van der Waals surface area (Å²) in [7, 11) is 0. The molecule has 1 aliphatic carbocycles. The minimum absolute atomic E-state index is 0.626. The van der Waals surface area contributed by atoms with Gasteiger partial charge in [0.2, 0.25) is 0 Å². The molecule has 3 heteroatoms. The molecule has 1 N–H and O–H groups in total. The van der Waals surface area contributed by atoms with Crippen LogP contribution < -0.4 is 0 Å². The molecule has 2 rings (SSSR count). The van der Waals surface area contributed by atoms with Gasteiger partial charge in [-0.05, 0) is 44.4 Å². The van der Waals surface area contributed by atoms with Gasteiger partial charge in [-0.25, -0.2) is 4.98 Å². The largest absolute Gasteiger partial charge is 0.263 e. The van der Waals surface area contributed by atoms with Crippen molar-refractivity contribution in [2.45, 2.75) is 52.4 Å². The fourth-order valence-corrected chi connectivity index (χ4v) is 2.60. The second-order valence-corrected chi connectivity index (χ2v) is 5.12. The Hall–Kier alpha value is -0.860. The summed E-state index contributed by atoms with van der Waals surface area (Å²) in [5.41, 5.74) is 0. The molecule has 1 aromatic heterocycles. The molecule has 0 amide bonds. The smallest absolute Gasteiger partial charge is 0.147 e. The Labute approximate surface area is 91.7 Å². The van der Waals surface area contributed by atoms with Gasteiger partial charge in [0.15, 0.2) is 0 Å². The Morgan fingerprint density at radius 3 is 2.33 bits per heavy atom. The molecule has 1 heterocycles. The molecule has 0 atom stereocenters. The van der Waals surface area contributed by atoms with E-state index in [0.717, 1.165) is 23.5 Å². The highest BCUT2D eigenvalue weighted by molar-refractivity contribution is 4.98.